The second kappa shape index (κ2) is 3.75. The van der Waals surface area contributed by atoms with Gasteiger partial charge in [0.15, 0.2) is 5.60 Å². The Morgan fingerprint density at radius 3 is 1.44 bits per heavy atom. The van der Waals surface area contributed by atoms with Crippen LogP contribution in [0, 0.1) is 0 Å². The van der Waals surface area contributed by atoms with Gasteiger partial charge >= 0.3 is 14.0 Å². The lowest BCUT2D eigenvalue weighted by Crippen LogP contribution is -2.45. The Labute approximate surface area is 111 Å². The lowest BCUT2D eigenvalue weighted by molar-refractivity contribution is -0.0706. The Morgan fingerprint density at radius 1 is 0.667 bits per heavy atom. The fourth-order valence-electron chi connectivity index (χ4n) is 2.07. The Kier molecular flexibility index (Phi) is 3.00. The molecule has 0 amide bonds. The summed E-state index contributed by atoms with van der Waals surface area (Å²) >= 11 is 0. The van der Waals surface area contributed by atoms with Crippen LogP contribution in [-0.2, 0) is 14.0 Å². The standard InChI is InChI=1S/C12H24B2O4/c1-9(2)10(3,4)16-13(15-9)14-17-11(5,6)12(7,8)18-14/h1-8H3/p+1. The summed E-state index contributed by atoms with van der Waals surface area (Å²) in [6, 6.07) is 0. The quantitative estimate of drug-likeness (QED) is 0.529. The zero-order chi connectivity index (χ0) is 14.0. The molecule has 0 aromatic carbocycles. The first-order valence-corrected chi connectivity index (χ1v) is 6.63. The maximum atomic E-state index is 6.02. The van der Waals surface area contributed by atoms with Gasteiger partial charge in [-0.25, -0.2) is 0 Å². The van der Waals surface area contributed by atoms with E-state index in [0.717, 1.165) is 0 Å². The van der Waals surface area contributed by atoms with Crippen molar-refractivity contribution in [3.05, 3.63) is 0 Å². The molecule has 0 spiro atoms. The Hall–Kier alpha value is -0.0301. The van der Waals surface area contributed by atoms with Crippen LogP contribution in [0.5, 0.6) is 0 Å². The molecule has 2 aliphatic rings. The Balaban J connectivity index is 2.14. The van der Waals surface area contributed by atoms with Crippen LogP contribution in [0.15, 0.2) is 0 Å². The highest BCUT2D eigenvalue weighted by molar-refractivity contribution is 7.10. The summed E-state index contributed by atoms with van der Waals surface area (Å²) in [7, 11) is -0.771. The van der Waals surface area contributed by atoms with Crippen LogP contribution in [0.4, 0.5) is 0 Å². The van der Waals surface area contributed by atoms with Gasteiger partial charge in [0.25, 0.3) is 0 Å². The van der Waals surface area contributed by atoms with Crippen molar-refractivity contribution in [2.45, 2.75) is 77.8 Å². The van der Waals surface area contributed by atoms with Crippen molar-refractivity contribution in [3.63, 3.8) is 0 Å². The zero-order valence-electron chi connectivity index (χ0n) is 12.8. The molecule has 2 aliphatic heterocycles. The van der Waals surface area contributed by atoms with Gasteiger partial charge in [0.1, 0.15) is 5.60 Å². The molecule has 0 atom stereocenters. The number of hydrogen-bond acceptors (Lipinski definition) is 3. The van der Waals surface area contributed by atoms with Crippen LogP contribution >= 0.6 is 0 Å². The molecular weight excluding hydrogens is 230 g/mol. The smallest absolute Gasteiger partial charge is 0.513 e. The van der Waals surface area contributed by atoms with Crippen LogP contribution in [0.2, 0.25) is 0 Å². The van der Waals surface area contributed by atoms with Crippen LogP contribution in [0.3, 0.4) is 0 Å². The van der Waals surface area contributed by atoms with Crippen LogP contribution < -0.4 is 0 Å². The maximum Gasteiger partial charge on any atom is 0.709 e. The van der Waals surface area contributed by atoms with Gasteiger partial charge in [0, 0.05) is 13.8 Å². The molecule has 0 unspecified atom stereocenters. The van der Waals surface area contributed by atoms with Gasteiger partial charge in [-0.05, 0) is 41.5 Å². The highest BCUT2D eigenvalue weighted by Crippen LogP contribution is 2.41. The SMILES string of the molecule is CC1(C)OB(B2OC(C)(C)C(C)(C)[OH+]2)OC1(C)C. The fraction of sp³-hybridized carbons (Fsp3) is 1.00. The Bertz CT molecular complexity index is 286. The van der Waals surface area contributed by atoms with Crippen molar-refractivity contribution < 1.29 is 18.6 Å². The minimum absolute atomic E-state index is 0.235. The third kappa shape index (κ3) is 2.03. The molecule has 0 radical (unpaired) electrons. The van der Waals surface area contributed by atoms with Gasteiger partial charge in [0.05, 0.1) is 11.2 Å². The molecule has 4 nitrogen and oxygen atoms in total. The second-order valence-corrected chi connectivity index (χ2v) is 7.33. The first-order valence-electron chi connectivity index (χ1n) is 6.63. The molecule has 18 heavy (non-hydrogen) atoms. The highest BCUT2D eigenvalue weighted by atomic mass is 16.7. The van der Waals surface area contributed by atoms with Gasteiger partial charge in [0.2, 0.25) is 0 Å². The normalized spacial score (nSPS) is 32.0. The molecule has 0 saturated carbocycles. The second-order valence-electron chi connectivity index (χ2n) is 7.33. The summed E-state index contributed by atoms with van der Waals surface area (Å²) in [6.07, 6.45) is 0. The van der Waals surface area contributed by atoms with E-state index >= 15 is 0 Å². The average molecular weight is 255 g/mol. The van der Waals surface area contributed by atoms with Crippen molar-refractivity contribution in [2.75, 3.05) is 0 Å². The van der Waals surface area contributed by atoms with Crippen molar-refractivity contribution in [2.24, 2.45) is 0 Å². The largest absolute Gasteiger partial charge is 0.709 e. The van der Waals surface area contributed by atoms with Gasteiger partial charge in [-0.15, -0.1) is 0 Å². The van der Waals surface area contributed by atoms with Gasteiger partial charge < -0.3 is 18.6 Å². The monoisotopic (exact) mass is 255 g/mol. The molecule has 102 valence electrons. The van der Waals surface area contributed by atoms with E-state index in [9.17, 15) is 0 Å². The summed E-state index contributed by atoms with van der Waals surface area (Å²) < 4.78 is 22.7. The minimum Gasteiger partial charge on any atom is -0.513 e. The fourth-order valence-corrected chi connectivity index (χ4v) is 2.07. The molecule has 2 heterocycles. The number of aliphatic hydroxyl groups is 1. The molecule has 2 saturated heterocycles. The summed E-state index contributed by atoms with van der Waals surface area (Å²) in [5, 5.41) is 0. The van der Waals surface area contributed by atoms with Crippen molar-refractivity contribution >= 4 is 14.0 Å². The van der Waals surface area contributed by atoms with E-state index in [4.69, 9.17) is 18.6 Å². The van der Waals surface area contributed by atoms with E-state index in [1.54, 1.807) is 0 Å². The Morgan fingerprint density at radius 2 is 1.11 bits per heavy atom. The molecule has 0 aromatic heterocycles. The third-order valence-corrected chi connectivity index (χ3v) is 4.84. The zero-order valence-corrected chi connectivity index (χ0v) is 12.8. The van der Waals surface area contributed by atoms with E-state index < -0.39 is 7.01 Å². The van der Waals surface area contributed by atoms with Gasteiger partial charge in [-0.3, -0.25) is 0 Å². The minimum atomic E-state index is -0.420. The molecule has 6 heteroatoms. The molecule has 1 N–H and O–H groups in total. The van der Waals surface area contributed by atoms with Crippen LogP contribution in [0.25, 0.3) is 0 Å². The van der Waals surface area contributed by atoms with E-state index in [0.29, 0.717) is 0 Å². The first-order chi connectivity index (χ1) is 7.88. The summed E-state index contributed by atoms with van der Waals surface area (Å²) in [5.74, 6) is 0. The molecule has 2 rings (SSSR count). The van der Waals surface area contributed by atoms with Crippen molar-refractivity contribution in [1.29, 1.82) is 0 Å². The lowest BCUT2D eigenvalue weighted by Gasteiger charge is -2.32. The van der Waals surface area contributed by atoms with Crippen LogP contribution in [0.1, 0.15) is 55.4 Å². The summed E-state index contributed by atoms with van der Waals surface area (Å²) in [6.45, 7) is 16.4. The van der Waals surface area contributed by atoms with Crippen molar-refractivity contribution in [1.82, 2.24) is 0 Å². The van der Waals surface area contributed by atoms with E-state index in [1.807, 2.05) is 27.7 Å². The van der Waals surface area contributed by atoms with E-state index in [-0.39, 0.29) is 29.4 Å². The lowest BCUT2D eigenvalue weighted by atomic mass is 9.49. The average Bonchev–Trinajstić information content (AvgIpc) is 2.45. The van der Waals surface area contributed by atoms with E-state index in [2.05, 4.69) is 27.7 Å². The molecule has 2 fully saturated rings. The molecule has 0 aromatic rings. The van der Waals surface area contributed by atoms with E-state index in [1.165, 1.54) is 0 Å². The molecule has 0 bridgehead atoms. The predicted molar refractivity (Wildman–Crippen MR) is 73.3 cm³/mol. The number of rotatable bonds is 1. The van der Waals surface area contributed by atoms with Crippen LogP contribution in [-0.4, -0.2) is 41.1 Å². The summed E-state index contributed by atoms with van der Waals surface area (Å²) in [4.78, 5) is 0. The van der Waals surface area contributed by atoms with Gasteiger partial charge in [-0.2, -0.15) is 0 Å². The molecular formula is C12H25B2O4+. The first kappa shape index (κ1) is 14.4. The maximum absolute atomic E-state index is 6.02. The third-order valence-electron chi connectivity index (χ3n) is 4.84. The van der Waals surface area contributed by atoms with Gasteiger partial charge in [-0.1, -0.05) is 0 Å². The number of hydrogen-bond donors (Lipinski definition) is 0. The molecule has 0 aliphatic carbocycles. The predicted octanol–water partition coefficient (Wildman–Crippen LogP) is 1.76. The van der Waals surface area contributed by atoms with Crippen molar-refractivity contribution in [3.8, 4) is 0 Å². The summed E-state index contributed by atoms with van der Waals surface area (Å²) in [5.41, 5.74) is -1.22. The highest BCUT2D eigenvalue weighted by Gasteiger charge is 2.70. The topological polar surface area (TPSA) is 40.5 Å².